The highest BCUT2D eigenvalue weighted by molar-refractivity contribution is 6.20. The smallest absolute Gasteiger partial charge is 0.261 e. The van der Waals surface area contributed by atoms with Crippen molar-refractivity contribution in [2.75, 3.05) is 0 Å². The molecule has 1 aromatic heterocycles. The normalized spacial score (nSPS) is 18.8. The number of para-hydroxylation sites is 1. The molecule has 1 heterocycles. The summed E-state index contributed by atoms with van der Waals surface area (Å²) in [6, 6.07) is 7.52. The van der Waals surface area contributed by atoms with E-state index in [0.29, 0.717) is 5.39 Å². The van der Waals surface area contributed by atoms with Crippen molar-refractivity contribution in [1.29, 1.82) is 0 Å². The minimum absolute atomic E-state index is 0.0481. The molecule has 0 radical (unpaired) electrons. The van der Waals surface area contributed by atoms with Gasteiger partial charge >= 0.3 is 0 Å². The standard InChI is InChI=1S/C16H19ClN2O/c1-3-12(17)14-18-13-8-5-4-7-11(13)15(20)19(14)16(2)9-6-10-16/h4-5,7-8,12H,3,6,9-10H2,1-2H3. The molecule has 20 heavy (non-hydrogen) atoms. The van der Waals surface area contributed by atoms with Gasteiger partial charge in [0.2, 0.25) is 0 Å². The monoisotopic (exact) mass is 290 g/mol. The number of alkyl halides is 1. The first-order valence-corrected chi connectivity index (χ1v) is 7.67. The Morgan fingerprint density at radius 1 is 1.40 bits per heavy atom. The van der Waals surface area contributed by atoms with Crippen LogP contribution in [0.25, 0.3) is 10.9 Å². The summed E-state index contributed by atoms with van der Waals surface area (Å²) in [6.45, 7) is 4.16. The van der Waals surface area contributed by atoms with E-state index in [-0.39, 0.29) is 16.5 Å². The molecule has 106 valence electrons. The maximum Gasteiger partial charge on any atom is 0.261 e. The maximum absolute atomic E-state index is 12.9. The molecule has 0 spiro atoms. The second-order valence-electron chi connectivity index (χ2n) is 5.85. The van der Waals surface area contributed by atoms with E-state index in [2.05, 4.69) is 11.9 Å². The summed E-state index contributed by atoms with van der Waals surface area (Å²) in [6.07, 6.45) is 3.97. The predicted octanol–water partition coefficient (Wildman–Crippen LogP) is 3.99. The highest BCUT2D eigenvalue weighted by Gasteiger charge is 2.37. The van der Waals surface area contributed by atoms with E-state index in [1.807, 2.05) is 35.8 Å². The molecule has 2 aromatic rings. The summed E-state index contributed by atoms with van der Waals surface area (Å²) in [4.78, 5) is 17.6. The zero-order chi connectivity index (χ0) is 14.3. The lowest BCUT2D eigenvalue weighted by atomic mass is 9.78. The Bertz CT molecular complexity index is 703. The van der Waals surface area contributed by atoms with Crippen LogP contribution in [-0.2, 0) is 5.54 Å². The first-order chi connectivity index (χ1) is 9.57. The Morgan fingerprint density at radius 2 is 2.10 bits per heavy atom. The molecule has 1 aliphatic carbocycles. The maximum atomic E-state index is 12.9. The van der Waals surface area contributed by atoms with Crippen LogP contribution in [0.1, 0.15) is 50.7 Å². The van der Waals surface area contributed by atoms with Gasteiger partial charge in [0.25, 0.3) is 5.56 Å². The first kappa shape index (κ1) is 13.6. The SMILES string of the molecule is CCC(Cl)c1nc2ccccc2c(=O)n1C1(C)CCC1. The fourth-order valence-electron chi connectivity index (χ4n) is 2.98. The summed E-state index contributed by atoms with van der Waals surface area (Å²) >= 11 is 6.43. The van der Waals surface area contributed by atoms with Crippen molar-refractivity contribution < 1.29 is 0 Å². The van der Waals surface area contributed by atoms with Crippen molar-refractivity contribution in [3.05, 3.63) is 40.4 Å². The Balaban J connectivity index is 2.34. The molecule has 0 N–H and O–H groups in total. The Hall–Kier alpha value is -1.35. The van der Waals surface area contributed by atoms with Gasteiger partial charge in [-0.1, -0.05) is 19.1 Å². The number of aromatic nitrogens is 2. The third kappa shape index (κ3) is 1.96. The Kier molecular flexibility index (Phi) is 3.33. The van der Waals surface area contributed by atoms with Gasteiger partial charge in [-0.25, -0.2) is 4.98 Å². The third-order valence-corrected chi connectivity index (χ3v) is 4.91. The zero-order valence-electron chi connectivity index (χ0n) is 11.9. The number of hydrogen-bond acceptors (Lipinski definition) is 2. The quantitative estimate of drug-likeness (QED) is 0.801. The molecule has 0 saturated heterocycles. The van der Waals surface area contributed by atoms with Crippen molar-refractivity contribution >= 4 is 22.5 Å². The molecule has 0 amide bonds. The van der Waals surface area contributed by atoms with Crippen LogP contribution in [0.4, 0.5) is 0 Å². The summed E-state index contributed by atoms with van der Waals surface area (Å²) < 4.78 is 1.86. The van der Waals surface area contributed by atoms with E-state index in [1.165, 1.54) is 0 Å². The summed E-state index contributed by atoms with van der Waals surface area (Å²) in [5, 5.41) is 0.467. The highest BCUT2D eigenvalue weighted by Crippen LogP contribution is 2.40. The molecule has 1 saturated carbocycles. The van der Waals surface area contributed by atoms with Crippen molar-refractivity contribution in [3.8, 4) is 0 Å². The van der Waals surface area contributed by atoms with E-state index >= 15 is 0 Å². The summed E-state index contributed by atoms with van der Waals surface area (Å²) in [5.74, 6) is 0.722. The van der Waals surface area contributed by atoms with Gasteiger partial charge in [-0.15, -0.1) is 11.6 Å². The topological polar surface area (TPSA) is 34.9 Å². The van der Waals surface area contributed by atoms with Crippen LogP contribution in [0.3, 0.4) is 0 Å². The average Bonchev–Trinajstić information content (AvgIpc) is 2.44. The first-order valence-electron chi connectivity index (χ1n) is 7.23. The molecule has 1 aromatic carbocycles. The van der Waals surface area contributed by atoms with Crippen LogP contribution in [0.2, 0.25) is 0 Å². The predicted molar refractivity (Wildman–Crippen MR) is 82.4 cm³/mol. The van der Waals surface area contributed by atoms with Gasteiger partial charge in [0.15, 0.2) is 0 Å². The fraction of sp³-hybridized carbons (Fsp3) is 0.500. The largest absolute Gasteiger partial charge is 0.289 e. The lowest BCUT2D eigenvalue weighted by Gasteiger charge is -2.41. The van der Waals surface area contributed by atoms with Gasteiger partial charge in [-0.3, -0.25) is 9.36 Å². The number of halogens is 1. The third-order valence-electron chi connectivity index (χ3n) is 4.41. The molecule has 0 bridgehead atoms. The second kappa shape index (κ2) is 4.88. The Morgan fingerprint density at radius 3 is 2.70 bits per heavy atom. The molecule has 3 nitrogen and oxygen atoms in total. The molecule has 3 rings (SSSR count). The van der Waals surface area contributed by atoms with Crippen molar-refractivity contribution in [3.63, 3.8) is 0 Å². The lowest BCUT2D eigenvalue weighted by Crippen LogP contribution is -2.46. The van der Waals surface area contributed by atoms with E-state index in [9.17, 15) is 4.79 Å². The molecule has 1 fully saturated rings. The highest BCUT2D eigenvalue weighted by atomic mass is 35.5. The second-order valence-corrected chi connectivity index (χ2v) is 6.38. The van der Waals surface area contributed by atoms with E-state index < -0.39 is 0 Å². The van der Waals surface area contributed by atoms with Crippen LogP contribution in [0.15, 0.2) is 29.1 Å². The van der Waals surface area contributed by atoms with E-state index in [0.717, 1.165) is 37.0 Å². The van der Waals surface area contributed by atoms with Crippen molar-refractivity contribution in [1.82, 2.24) is 9.55 Å². The van der Waals surface area contributed by atoms with Gasteiger partial charge < -0.3 is 0 Å². The molecule has 1 unspecified atom stereocenters. The van der Waals surface area contributed by atoms with Gasteiger partial charge in [0.05, 0.1) is 16.3 Å². The molecular weight excluding hydrogens is 272 g/mol. The van der Waals surface area contributed by atoms with Crippen LogP contribution >= 0.6 is 11.6 Å². The molecule has 4 heteroatoms. The van der Waals surface area contributed by atoms with Crippen LogP contribution in [-0.4, -0.2) is 9.55 Å². The van der Waals surface area contributed by atoms with Crippen LogP contribution < -0.4 is 5.56 Å². The van der Waals surface area contributed by atoms with Crippen LogP contribution in [0.5, 0.6) is 0 Å². The van der Waals surface area contributed by atoms with E-state index in [1.54, 1.807) is 0 Å². The van der Waals surface area contributed by atoms with Gasteiger partial charge in [0.1, 0.15) is 5.82 Å². The fourth-order valence-corrected chi connectivity index (χ4v) is 3.12. The zero-order valence-corrected chi connectivity index (χ0v) is 12.7. The number of fused-ring (bicyclic) bond motifs is 1. The molecule has 1 atom stereocenters. The van der Waals surface area contributed by atoms with Crippen molar-refractivity contribution in [2.45, 2.75) is 50.4 Å². The van der Waals surface area contributed by atoms with Gasteiger partial charge in [-0.2, -0.15) is 0 Å². The number of hydrogen-bond donors (Lipinski definition) is 0. The average molecular weight is 291 g/mol. The minimum Gasteiger partial charge on any atom is -0.289 e. The molecule has 0 aliphatic heterocycles. The minimum atomic E-state index is -0.218. The number of rotatable bonds is 3. The molecular formula is C16H19ClN2O. The van der Waals surface area contributed by atoms with Crippen LogP contribution in [0, 0.1) is 0 Å². The number of benzene rings is 1. The summed E-state index contributed by atoms with van der Waals surface area (Å²) in [7, 11) is 0. The van der Waals surface area contributed by atoms with E-state index in [4.69, 9.17) is 11.6 Å². The van der Waals surface area contributed by atoms with Gasteiger partial charge in [0, 0.05) is 5.54 Å². The summed E-state index contributed by atoms with van der Waals surface area (Å²) in [5.41, 5.74) is 0.670. The van der Waals surface area contributed by atoms with Gasteiger partial charge in [-0.05, 0) is 44.7 Å². The van der Waals surface area contributed by atoms with Crippen molar-refractivity contribution in [2.24, 2.45) is 0 Å². The lowest BCUT2D eigenvalue weighted by molar-refractivity contribution is 0.156. The Labute approximate surface area is 123 Å². The number of nitrogens with zero attached hydrogens (tertiary/aromatic N) is 2. The molecule has 1 aliphatic rings.